The lowest BCUT2D eigenvalue weighted by Crippen LogP contribution is -2.42. The lowest BCUT2D eigenvalue weighted by molar-refractivity contribution is -0.119. The molecular formula is C23H28N2O7S. The molecule has 10 heteroatoms. The second-order valence-electron chi connectivity index (χ2n) is 7.80. The predicted molar refractivity (Wildman–Crippen MR) is 120 cm³/mol. The third-order valence-electron chi connectivity index (χ3n) is 5.38. The van der Waals surface area contributed by atoms with Crippen molar-refractivity contribution in [1.82, 2.24) is 4.31 Å². The average molecular weight is 477 g/mol. The number of hydrogen-bond acceptors (Lipinski definition) is 7. The summed E-state index contributed by atoms with van der Waals surface area (Å²) in [5.41, 5.74) is 5.80. The number of sulfonamides is 1. The molecule has 0 aromatic heterocycles. The second-order valence-corrected chi connectivity index (χ2v) is 9.66. The fourth-order valence-electron chi connectivity index (χ4n) is 3.67. The summed E-state index contributed by atoms with van der Waals surface area (Å²) in [6, 6.07) is 10.8. The second kappa shape index (κ2) is 10.7. The number of nitrogens with zero attached hydrogens (tertiary/aromatic N) is 1. The molecule has 1 fully saturated rings. The van der Waals surface area contributed by atoms with E-state index in [0.29, 0.717) is 17.9 Å². The first kappa shape index (κ1) is 24.5. The van der Waals surface area contributed by atoms with Crippen LogP contribution in [0.25, 0.3) is 0 Å². The number of ether oxygens (including phenoxy) is 3. The molecule has 9 nitrogen and oxygen atoms in total. The topological polar surface area (TPSA) is 125 Å². The molecule has 0 spiro atoms. The summed E-state index contributed by atoms with van der Waals surface area (Å²) in [6.07, 6.45) is 2.55. The maximum Gasteiger partial charge on any atom is 0.338 e. The van der Waals surface area contributed by atoms with Crippen LogP contribution in [-0.4, -0.2) is 50.9 Å². The van der Waals surface area contributed by atoms with Gasteiger partial charge in [-0.15, -0.1) is 0 Å². The van der Waals surface area contributed by atoms with Crippen LogP contribution in [0.15, 0.2) is 47.4 Å². The first-order chi connectivity index (χ1) is 15.7. The Labute approximate surface area is 193 Å². The molecule has 1 heterocycles. The highest BCUT2D eigenvalue weighted by molar-refractivity contribution is 7.89. The van der Waals surface area contributed by atoms with Gasteiger partial charge in [-0.1, -0.05) is 18.6 Å². The van der Waals surface area contributed by atoms with Gasteiger partial charge in [0.1, 0.15) is 23.0 Å². The Kier molecular flexibility index (Phi) is 7.93. The van der Waals surface area contributed by atoms with E-state index < -0.39 is 21.9 Å². The molecule has 33 heavy (non-hydrogen) atoms. The number of benzene rings is 2. The van der Waals surface area contributed by atoms with Crippen molar-refractivity contribution < 1.29 is 32.2 Å². The Morgan fingerprint density at radius 3 is 2.64 bits per heavy atom. The number of amides is 1. The van der Waals surface area contributed by atoms with Crippen molar-refractivity contribution >= 4 is 21.9 Å². The molecule has 1 aliphatic heterocycles. The zero-order valence-electron chi connectivity index (χ0n) is 18.7. The Morgan fingerprint density at radius 1 is 1.15 bits per heavy atom. The van der Waals surface area contributed by atoms with Gasteiger partial charge in [0.25, 0.3) is 5.91 Å². The first-order valence-corrected chi connectivity index (χ1v) is 12.0. The minimum atomic E-state index is -3.85. The van der Waals surface area contributed by atoms with Crippen LogP contribution in [0, 0.1) is 0 Å². The van der Waals surface area contributed by atoms with Crippen LogP contribution >= 0.6 is 0 Å². The molecule has 0 bridgehead atoms. The molecule has 2 aromatic rings. The summed E-state index contributed by atoms with van der Waals surface area (Å²) in [7, 11) is -2.46. The van der Waals surface area contributed by atoms with Gasteiger partial charge < -0.3 is 19.9 Å². The van der Waals surface area contributed by atoms with E-state index in [0.717, 1.165) is 19.3 Å². The van der Waals surface area contributed by atoms with Crippen molar-refractivity contribution in [3.8, 4) is 11.5 Å². The SMILES string of the molecule is COc1ccc(C(=O)OCc2cccc(OCC(N)=O)c2)cc1S(=O)(=O)N1CCCCC1C. The molecule has 0 saturated carbocycles. The van der Waals surface area contributed by atoms with Gasteiger partial charge in [-0.2, -0.15) is 4.31 Å². The standard InChI is InChI=1S/C23H28N2O7S/c1-16-6-3-4-11-25(16)33(28,29)21-13-18(9-10-20(21)30-2)23(27)32-14-17-7-5-8-19(12-17)31-15-22(24)26/h5,7-10,12-13,16H,3-4,6,11,14-15H2,1-2H3,(H2,24,26). The molecule has 1 atom stereocenters. The Balaban J connectivity index is 1.77. The predicted octanol–water partition coefficient (Wildman–Crippen LogP) is 2.48. The van der Waals surface area contributed by atoms with Crippen molar-refractivity contribution in [1.29, 1.82) is 0 Å². The molecule has 2 N–H and O–H groups in total. The van der Waals surface area contributed by atoms with Crippen LogP contribution in [0.3, 0.4) is 0 Å². The maximum atomic E-state index is 13.3. The molecule has 1 unspecified atom stereocenters. The minimum Gasteiger partial charge on any atom is -0.495 e. The Hall–Kier alpha value is -3.11. The van der Waals surface area contributed by atoms with E-state index in [-0.39, 0.29) is 35.5 Å². The molecule has 0 aliphatic carbocycles. The summed E-state index contributed by atoms with van der Waals surface area (Å²) < 4.78 is 44.0. The number of carbonyl (C=O) groups excluding carboxylic acids is 2. The summed E-state index contributed by atoms with van der Waals surface area (Å²) >= 11 is 0. The largest absolute Gasteiger partial charge is 0.495 e. The van der Waals surface area contributed by atoms with Crippen molar-refractivity contribution in [2.24, 2.45) is 5.73 Å². The molecule has 178 valence electrons. The van der Waals surface area contributed by atoms with E-state index in [2.05, 4.69) is 0 Å². The summed E-state index contributed by atoms with van der Waals surface area (Å²) in [6.45, 7) is 1.98. The molecular weight excluding hydrogens is 448 g/mol. The number of nitrogens with two attached hydrogens (primary N) is 1. The number of primary amides is 1. The molecule has 1 saturated heterocycles. The molecule has 0 radical (unpaired) electrons. The fraction of sp³-hybridized carbons (Fsp3) is 0.391. The van der Waals surface area contributed by atoms with E-state index >= 15 is 0 Å². The average Bonchev–Trinajstić information content (AvgIpc) is 2.81. The smallest absolute Gasteiger partial charge is 0.338 e. The summed E-state index contributed by atoms with van der Waals surface area (Å²) in [5.74, 6) is -0.695. The highest BCUT2D eigenvalue weighted by Crippen LogP contribution is 2.32. The summed E-state index contributed by atoms with van der Waals surface area (Å²) in [5, 5.41) is 0. The maximum absolute atomic E-state index is 13.3. The van der Waals surface area contributed by atoms with Crippen LogP contribution in [0.2, 0.25) is 0 Å². The van der Waals surface area contributed by atoms with Gasteiger partial charge in [0.05, 0.1) is 12.7 Å². The van der Waals surface area contributed by atoms with E-state index in [1.54, 1.807) is 24.3 Å². The van der Waals surface area contributed by atoms with Gasteiger partial charge in [0.2, 0.25) is 10.0 Å². The van der Waals surface area contributed by atoms with Crippen LogP contribution in [-0.2, 0) is 26.2 Å². The number of piperidine rings is 1. The van der Waals surface area contributed by atoms with Crippen LogP contribution in [0.4, 0.5) is 0 Å². The van der Waals surface area contributed by atoms with Crippen molar-refractivity contribution in [2.45, 2.75) is 43.7 Å². The number of carbonyl (C=O) groups is 2. The Bertz CT molecular complexity index is 1120. The van der Waals surface area contributed by atoms with Gasteiger partial charge in [0, 0.05) is 12.6 Å². The van der Waals surface area contributed by atoms with Gasteiger partial charge in [0.15, 0.2) is 6.61 Å². The van der Waals surface area contributed by atoms with Crippen molar-refractivity contribution in [3.63, 3.8) is 0 Å². The van der Waals surface area contributed by atoms with Gasteiger partial charge >= 0.3 is 5.97 Å². The van der Waals surface area contributed by atoms with Crippen LogP contribution in [0.1, 0.15) is 42.1 Å². The highest BCUT2D eigenvalue weighted by atomic mass is 32.2. The number of hydrogen-bond donors (Lipinski definition) is 1. The number of methoxy groups -OCH3 is 1. The van der Waals surface area contributed by atoms with Gasteiger partial charge in [-0.05, 0) is 55.7 Å². The monoisotopic (exact) mass is 476 g/mol. The van der Waals surface area contributed by atoms with E-state index in [4.69, 9.17) is 19.9 Å². The quantitative estimate of drug-likeness (QED) is 0.551. The third-order valence-corrected chi connectivity index (χ3v) is 7.41. The lowest BCUT2D eigenvalue weighted by Gasteiger charge is -2.32. The highest BCUT2D eigenvalue weighted by Gasteiger charge is 2.33. The van der Waals surface area contributed by atoms with Crippen LogP contribution in [0.5, 0.6) is 11.5 Å². The lowest BCUT2D eigenvalue weighted by atomic mass is 10.1. The zero-order chi connectivity index (χ0) is 24.0. The van der Waals surface area contributed by atoms with E-state index in [1.165, 1.54) is 29.6 Å². The normalized spacial score (nSPS) is 16.7. The fourth-order valence-corrected chi connectivity index (χ4v) is 5.55. The molecule has 1 aliphatic rings. The van der Waals surface area contributed by atoms with Gasteiger partial charge in [-0.25, -0.2) is 13.2 Å². The van der Waals surface area contributed by atoms with Crippen molar-refractivity contribution in [2.75, 3.05) is 20.3 Å². The zero-order valence-corrected chi connectivity index (χ0v) is 19.5. The van der Waals surface area contributed by atoms with Gasteiger partial charge in [-0.3, -0.25) is 4.79 Å². The molecule has 1 amide bonds. The number of esters is 1. The molecule has 3 rings (SSSR count). The van der Waals surface area contributed by atoms with E-state index in [1.807, 2.05) is 6.92 Å². The van der Waals surface area contributed by atoms with Crippen LogP contribution < -0.4 is 15.2 Å². The van der Waals surface area contributed by atoms with Crippen molar-refractivity contribution in [3.05, 3.63) is 53.6 Å². The van der Waals surface area contributed by atoms with E-state index in [9.17, 15) is 18.0 Å². The third kappa shape index (κ3) is 6.02. The Morgan fingerprint density at radius 2 is 1.94 bits per heavy atom. The minimum absolute atomic E-state index is 0.0601. The number of rotatable bonds is 9. The summed E-state index contributed by atoms with van der Waals surface area (Å²) in [4.78, 5) is 23.5. The first-order valence-electron chi connectivity index (χ1n) is 10.6. The molecule has 2 aromatic carbocycles.